The molecule has 102 valence electrons. The number of hydrogen-bond acceptors (Lipinski definition) is 1. The number of aryl methyl sites for hydroxylation is 1. The highest BCUT2D eigenvalue weighted by Gasteiger charge is 2.29. The van der Waals surface area contributed by atoms with Gasteiger partial charge >= 0.3 is 5.97 Å². The average molecular weight is 280 g/mol. The van der Waals surface area contributed by atoms with E-state index in [1.807, 2.05) is 24.3 Å². The lowest BCUT2D eigenvalue weighted by molar-refractivity contribution is -0.146. The minimum atomic E-state index is -0.779. The zero-order chi connectivity index (χ0) is 14.2. The van der Waals surface area contributed by atoms with Crippen LogP contribution in [-0.4, -0.2) is 15.6 Å². The molecule has 1 heterocycles. The van der Waals surface area contributed by atoms with Crippen molar-refractivity contribution in [2.24, 2.45) is 5.41 Å². The van der Waals surface area contributed by atoms with E-state index in [0.29, 0.717) is 11.4 Å². The van der Waals surface area contributed by atoms with Crippen molar-refractivity contribution in [2.75, 3.05) is 0 Å². The Hall–Kier alpha value is -1.48. The smallest absolute Gasteiger partial charge is 0.309 e. The molecule has 2 aromatic rings. The first kappa shape index (κ1) is 13.9. The fourth-order valence-electron chi connectivity index (χ4n) is 2.35. The standard InChI is InChI=1S/C15H18ClNO2/c1-4-17-12(9-15(2,3)14(18)19)8-10-7-11(16)5-6-13(10)17/h5-8H,4,9H2,1-3H3,(H,18,19). The SMILES string of the molecule is CCn1c(CC(C)(C)C(=O)O)cc2cc(Cl)ccc21. The molecule has 0 unspecified atom stereocenters. The summed E-state index contributed by atoms with van der Waals surface area (Å²) >= 11 is 6.00. The molecule has 0 atom stereocenters. The molecule has 19 heavy (non-hydrogen) atoms. The molecule has 0 radical (unpaired) electrons. The van der Waals surface area contributed by atoms with Gasteiger partial charge in [0.15, 0.2) is 0 Å². The monoisotopic (exact) mass is 279 g/mol. The first-order valence-electron chi connectivity index (χ1n) is 6.36. The van der Waals surface area contributed by atoms with Crippen LogP contribution in [0.2, 0.25) is 5.02 Å². The summed E-state index contributed by atoms with van der Waals surface area (Å²) in [7, 11) is 0. The molecule has 0 saturated carbocycles. The Balaban J connectivity index is 2.51. The molecular formula is C15H18ClNO2. The van der Waals surface area contributed by atoms with Gasteiger partial charge in [0.05, 0.1) is 5.41 Å². The summed E-state index contributed by atoms with van der Waals surface area (Å²) in [6, 6.07) is 7.80. The lowest BCUT2D eigenvalue weighted by Gasteiger charge is -2.20. The molecule has 1 aromatic carbocycles. The van der Waals surface area contributed by atoms with Gasteiger partial charge in [-0.05, 0) is 45.0 Å². The minimum absolute atomic E-state index is 0.502. The van der Waals surface area contributed by atoms with Gasteiger partial charge in [0.2, 0.25) is 0 Å². The van der Waals surface area contributed by atoms with Crippen LogP contribution in [0, 0.1) is 5.41 Å². The largest absolute Gasteiger partial charge is 0.481 e. The lowest BCUT2D eigenvalue weighted by atomic mass is 9.88. The molecule has 0 saturated heterocycles. The average Bonchev–Trinajstić information content (AvgIpc) is 2.64. The van der Waals surface area contributed by atoms with Gasteiger partial charge in [-0.3, -0.25) is 4.79 Å². The number of hydrogen-bond donors (Lipinski definition) is 1. The van der Waals surface area contributed by atoms with Gasteiger partial charge in [-0.1, -0.05) is 11.6 Å². The molecular weight excluding hydrogens is 262 g/mol. The fourth-order valence-corrected chi connectivity index (χ4v) is 2.53. The number of aliphatic carboxylic acids is 1. The van der Waals surface area contributed by atoms with Crippen LogP contribution in [-0.2, 0) is 17.8 Å². The quantitative estimate of drug-likeness (QED) is 0.920. The number of halogens is 1. The molecule has 0 aliphatic rings. The van der Waals surface area contributed by atoms with E-state index in [0.717, 1.165) is 23.1 Å². The number of carboxylic acids is 1. The first-order valence-corrected chi connectivity index (χ1v) is 6.74. The molecule has 0 bridgehead atoms. The highest BCUT2D eigenvalue weighted by Crippen LogP contribution is 2.28. The van der Waals surface area contributed by atoms with Crippen LogP contribution in [0.15, 0.2) is 24.3 Å². The zero-order valence-electron chi connectivity index (χ0n) is 11.4. The predicted molar refractivity (Wildman–Crippen MR) is 77.7 cm³/mol. The molecule has 0 aliphatic heterocycles. The van der Waals surface area contributed by atoms with Crippen LogP contribution >= 0.6 is 11.6 Å². The van der Waals surface area contributed by atoms with Gasteiger partial charge in [-0.25, -0.2) is 0 Å². The van der Waals surface area contributed by atoms with E-state index in [2.05, 4.69) is 11.5 Å². The summed E-state index contributed by atoms with van der Waals surface area (Å²) in [5.41, 5.74) is 1.36. The van der Waals surface area contributed by atoms with Gasteiger partial charge in [0.1, 0.15) is 0 Å². The number of aromatic nitrogens is 1. The summed E-state index contributed by atoms with van der Waals surface area (Å²) in [6.07, 6.45) is 0.502. The van der Waals surface area contributed by atoms with Crippen molar-refractivity contribution >= 4 is 28.5 Å². The van der Waals surface area contributed by atoms with Gasteiger partial charge in [-0.15, -0.1) is 0 Å². The molecule has 3 nitrogen and oxygen atoms in total. The summed E-state index contributed by atoms with van der Waals surface area (Å²) in [5, 5.41) is 11.0. The van der Waals surface area contributed by atoms with E-state index >= 15 is 0 Å². The number of carbonyl (C=O) groups is 1. The molecule has 0 fully saturated rings. The van der Waals surface area contributed by atoms with E-state index < -0.39 is 11.4 Å². The summed E-state index contributed by atoms with van der Waals surface area (Å²) in [4.78, 5) is 11.3. The first-order chi connectivity index (χ1) is 8.85. The summed E-state index contributed by atoms with van der Waals surface area (Å²) in [6.45, 7) is 6.38. The number of rotatable bonds is 4. The third-order valence-corrected chi connectivity index (χ3v) is 3.70. The van der Waals surface area contributed by atoms with Crippen molar-refractivity contribution in [3.05, 3.63) is 35.0 Å². The van der Waals surface area contributed by atoms with E-state index in [9.17, 15) is 9.90 Å². The topological polar surface area (TPSA) is 42.2 Å². The van der Waals surface area contributed by atoms with Crippen LogP contribution in [0.25, 0.3) is 10.9 Å². The van der Waals surface area contributed by atoms with Crippen LogP contribution in [0.1, 0.15) is 26.5 Å². The Kier molecular flexibility index (Phi) is 3.59. The van der Waals surface area contributed by atoms with Crippen molar-refractivity contribution in [2.45, 2.75) is 33.7 Å². The zero-order valence-corrected chi connectivity index (χ0v) is 12.2. The third-order valence-electron chi connectivity index (χ3n) is 3.47. The van der Waals surface area contributed by atoms with Crippen molar-refractivity contribution in [1.29, 1.82) is 0 Å². The van der Waals surface area contributed by atoms with Crippen molar-refractivity contribution in [1.82, 2.24) is 4.57 Å². The van der Waals surface area contributed by atoms with Crippen molar-refractivity contribution in [3.63, 3.8) is 0 Å². The normalized spacial score (nSPS) is 12.0. The van der Waals surface area contributed by atoms with Crippen LogP contribution in [0.5, 0.6) is 0 Å². The Morgan fingerprint density at radius 2 is 2.05 bits per heavy atom. The molecule has 1 N–H and O–H groups in total. The van der Waals surface area contributed by atoms with Crippen molar-refractivity contribution < 1.29 is 9.90 Å². The van der Waals surface area contributed by atoms with E-state index in [4.69, 9.17) is 11.6 Å². The fraction of sp³-hybridized carbons (Fsp3) is 0.400. The molecule has 1 aromatic heterocycles. The molecule has 0 aliphatic carbocycles. The molecule has 0 spiro atoms. The number of benzene rings is 1. The van der Waals surface area contributed by atoms with E-state index in [1.165, 1.54) is 0 Å². The molecule has 0 amide bonds. The molecule has 2 rings (SSSR count). The second-order valence-electron chi connectivity index (χ2n) is 5.45. The lowest BCUT2D eigenvalue weighted by Crippen LogP contribution is -2.27. The third kappa shape index (κ3) is 2.61. The number of carboxylic acid groups (broad SMARTS) is 1. The summed E-state index contributed by atoms with van der Waals surface area (Å²) in [5.74, 6) is -0.779. The van der Waals surface area contributed by atoms with Crippen molar-refractivity contribution in [3.8, 4) is 0 Å². The predicted octanol–water partition coefficient (Wildman–Crippen LogP) is 3.97. The highest BCUT2D eigenvalue weighted by molar-refractivity contribution is 6.31. The van der Waals surface area contributed by atoms with Gasteiger partial charge in [0, 0.05) is 34.6 Å². The Bertz CT molecular complexity index is 628. The van der Waals surface area contributed by atoms with Gasteiger partial charge in [0.25, 0.3) is 0 Å². The Labute approximate surface area is 117 Å². The number of nitrogens with zero attached hydrogens (tertiary/aromatic N) is 1. The Morgan fingerprint density at radius 3 is 2.63 bits per heavy atom. The van der Waals surface area contributed by atoms with Crippen LogP contribution in [0.3, 0.4) is 0 Å². The Morgan fingerprint density at radius 1 is 1.37 bits per heavy atom. The summed E-state index contributed by atoms with van der Waals surface area (Å²) < 4.78 is 2.15. The minimum Gasteiger partial charge on any atom is -0.481 e. The number of fused-ring (bicyclic) bond motifs is 1. The second kappa shape index (κ2) is 4.89. The van der Waals surface area contributed by atoms with Gasteiger partial charge in [-0.2, -0.15) is 0 Å². The maximum absolute atomic E-state index is 11.3. The van der Waals surface area contributed by atoms with Crippen LogP contribution < -0.4 is 0 Å². The molecule has 4 heteroatoms. The van der Waals surface area contributed by atoms with Gasteiger partial charge < -0.3 is 9.67 Å². The van der Waals surface area contributed by atoms with E-state index in [-0.39, 0.29) is 0 Å². The second-order valence-corrected chi connectivity index (χ2v) is 5.89. The van der Waals surface area contributed by atoms with Crippen LogP contribution in [0.4, 0.5) is 0 Å². The highest BCUT2D eigenvalue weighted by atomic mass is 35.5. The maximum atomic E-state index is 11.3. The van der Waals surface area contributed by atoms with E-state index in [1.54, 1.807) is 13.8 Å². The maximum Gasteiger partial charge on any atom is 0.309 e.